The summed E-state index contributed by atoms with van der Waals surface area (Å²) in [6, 6.07) is 17.3. The lowest BCUT2D eigenvalue weighted by molar-refractivity contribution is 0.0938. The predicted molar refractivity (Wildman–Crippen MR) is 120 cm³/mol. The highest BCUT2D eigenvalue weighted by Gasteiger charge is 2.36. The van der Waals surface area contributed by atoms with Crippen molar-refractivity contribution in [2.75, 3.05) is 4.31 Å². The molecule has 2 aromatic carbocycles. The van der Waals surface area contributed by atoms with Crippen LogP contribution in [0, 0.1) is 0 Å². The number of furan rings is 1. The number of amides is 1. The van der Waals surface area contributed by atoms with Crippen molar-refractivity contribution in [1.29, 1.82) is 0 Å². The summed E-state index contributed by atoms with van der Waals surface area (Å²) in [6.07, 6.45) is 3.74. The molecule has 0 radical (unpaired) electrons. The summed E-state index contributed by atoms with van der Waals surface area (Å²) < 4.78 is 33.6. The van der Waals surface area contributed by atoms with Crippen LogP contribution in [0.1, 0.15) is 41.9 Å². The first kappa shape index (κ1) is 21.2. The van der Waals surface area contributed by atoms with Gasteiger partial charge in [0.05, 0.1) is 16.8 Å². The summed E-state index contributed by atoms with van der Waals surface area (Å²) in [6.45, 7) is 3.82. The zero-order chi connectivity index (χ0) is 22.0. The van der Waals surface area contributed by atoms with Gasteiger partial charge in [-0.25, -0.2) is 8.42 Å². The maximum absolute atomic E-state index is 13.4. The third kappa shape index (κ3) is 4.37. The van der Waals surface area contributed by atoms with Gasteiger partial charge < -0.3 is 9.73 Å². The van der Waals surface area contributed by atoms with E-state index in [1.807, 2.05) is 50.2 Å². The van der Waals surface area contributed by atoms with Crippen LogP contribution >= 0.6 is 0 Å². The Morgan fingerprint density at radius 2 is 1.97 bits per heavy atom. The SMILES string of the molecule is CC(CCc1ccco1)NC(=O)c1cccc(S(=O)(=O)N2c3ccccc3CC2C)c1. The highest BCUT2D eigenvalue weighted by atomic mass is 32.2. The summed E-state index contributed by atoms with van der Waals surface area (Å²) in [7, 11) is -3.78. The van der Waals surface area contributed by atoms with Crippen LogP contribution in [-0.4, -0.2) is 26.4 Å². The minimum Gasteiger partial charge on any atom is -0.469 e. The number of carbonyl (C=O) groups is 1. The van der Waals surface area contributed by atoms with Gasteiger partial charge in [0.15, 0.2) is 0 Å². The molecule has 2 unspecified atom stereocenters. The van der Waals surface area contributed by atoms with Crippen LogP contribution in [-0.2, 0) is 22.9 Å². The van der Waals surface area contributed by atoms with Gasteiger partial charge in [0.25, 0.3) is 15.9 Å². The number of rotatable bonds is 7. The first-order valence-corrected chi connectivity index (χ1v) is 11.9. The molecule has 0 aliphatic carbocycles. The van der Waals surface area contributed by atoms with Crippen LogP contribution in [0.15, 0.2) is 76.2 Å². The van der Waals surface area contributed by atoms with Crippen LogP contribution in [0.5, 0.6) is 0 Å². The van der Waals surface area contributed by atoms with E-state index in [0.717, 1.165) is 24.2 Å². The number of para-hydroxylation sites is 1. The average molecular weight is 439 g/mol. The van der Waals surface area contributed by atoms with Crippen molar-refractivity contribution in [3.8, 4) is 0 Å². The molecule has 0 spiro atoms. The fraction of sp³-hybridized carbons (Fsp3) is 0.292. The Morgan fingerprint density at radius 3 is 2.74 bits per heavy atom. The molecule has 31 heavy (non-hydrogen) atoms. The summed E-state index contributed by atoms with van der Waals surface area (Å²) in [5.74, 6) is 0.577. The minimum atomic E-state index is -3.78. The number of nitrogens with zero attached hydrogens (tertiary/aromatic N) is 1. The molecule has 2 heterocycles. The zero-order valence-corrected chi connectivity index (χ0v) is 18.4. The molecule has 1 aliphatic heterocycles. The Kier molecular flexibility index (Phi) is 5.87. The second kappa shape index (κ2) is 8.59. The first-order valence-electron chi connectivity index (χ1n) is 10.4. The number of carbonyl (C=O) groups excluding carboxylic acids is 1. The van der Waals surface area contributed by atoms with Gasteiger partial charge in [-0.2, -0.15) is 0 Å². The van der Waals surface area contributed by atoms with Crippen molar-refractivity contribution < 1.29 is 17.6 Å². The third-order valence-corrected chi connectivity index (χ3v) is 7.50. The highest BCUT2D eigenvalue weighted by Crippen LogP contribution is 2.36. The summed E-state index contributed by atoms with van der Waals surface area (Å²) in [5, 5.41) is 2.94. The fourth-order valence-corrected chi connectivity index (χ4v) is 5.75. The van der Waals surface area contributed by atoms with Crippen molar-refractivity contribution in [1.82, 2.24) is 5.32 Å². The van der Waals surface area contributed by atoms with Gasteiger partial charge in [-0.1, -0.05) is 24.3 Å². The molecule has 1 aliphatic rings. The molecule has 1 aromatic heterocycles. The first-order chi connectivity index (χ1) is 14.9. The second-order valence-electron chi connectivity index (χ2n) is 8.00. The van der Waals surface area contributed by atoms with Gasteiger partial charge in [0.1, 0.15) is 5.76 Å². The monoisotopic (exact) mass is 438 g/mol. The summed E-state index contributed by atoms with van der Waals surface area (Å²) in [5.41, 5.74) is 2.04. The Morgan fingerprint density at radius 1 is 1.16 bits per heavy atom. The minimum absolute atomic E-state index is 0.0802. The van der Waals surface area contributed by atoms with Crippen LogP contribution in [0.25, 0.3) is 0 Å². The van der Waals surface area contributed by atoms with Crippen molar-refractivity contribution in [2.24, 2.45) is 0 Å². The molecule has 7 heteroatoms. The lowest BCUT2D eigenvalue weighted by atomic mass is 10.1. The van der Waals surface area contributed by atoms with Crippen molar-refractivity contribution in [3.63, 3.8) is 0 Å². The Bertz CT molecular complexity index is 1170. The van der Waals surface area contributed by atoms with E-state index in [0.29, 0.717) is 17.7 Å². The van der Waals surface area contributed by atoms with Crippen LogP contribution in [0.2, 0.25) is 0 Å². The maximum atomic E-state index is 13.4. The van der Waals surface area contributed by atoms with Crippen LogP contribution in [0.4, 0.5) is 5.69 Å². The van der Waals surface area contributed by atoms with E-state index < -0.39 is 10.0 Å². The molecular formula is C24H26N2O4S. The number of hydrogen-bond donors (Lipinski definition) is 1. The largest absolute Gasteiger partial charge is 0.469 e. The van der Waals surface area contributed by atoms with Gasteiger partial charge in [-0.3, -0.25) is 9.10 Å². The smallest absolute Gasteiger partial charge is 0.264 e. The van der Waals surface area contributed by atoms with E-state index in [-0.39, 0.29) is 22.9 Å². The normalized spacial score (nSPS) is 16.7. The lowest BCUT2D eigenvalue weighted by Crippen LogP contribution is -2.36. The van der Waals surface area contributed by atoms with Crippen LogP contribution in [0.3, 0.4) is 0 Å². The van der Waals surface area contributed by atoms with E-state index in [1.165, 1.54) is 10.4 Å². The molecule has 1 N–H and O–H groups in total. The predicted octanol–water partition coefficient (Wildman–Crippen LogP) is 4.17. The summed E-state index contributed by atoms with van der Waals surface area (Å²) in [4.78, 5) is 12.9. The van der Waals surface area contributed by atoms with Crippen molar-refractivity contribution in [2.45, 2.75) is 50.1 Å². The number of aryl methyl sites for hydroxylation is 1. The van der Waals surface area contributed by atoms with Gasteiger partial charge in [0, 0.05) is 24.1 Å². The number of fused-ring (bicyclic) bond motifs is 1. The molecule has 162 valence electrons. The molecule has 0 bridgehead atoms. The molecule has 1 amide bonds. The number of anilines is 1. The van der Waals surface area contributed by atoms with Crippen LogP contribution < -0.4 is 9.62 Å². The topological polar surface area (TPSA) is 79.6 Å². The third-order valence-electron chi connectivity index (χ3n) is 5.58. The van der Waals surface area contributed by atoms with E-state index >= 15 is 0 Å². The highest BCUT2D eigenvalue weighted by molar-refractivity contribution is 7.92. The molecule has 0 fully saturated rings. The Hall–Kier alpha value is -3.06. The molecular weight excluding hydrogens is 412 g/mol. The van der Waals surface area contributed by atoms with E-state index in [2.05, 4.69) is 5.32 Å². The fourth-order valence-electron chi connectivity index (χ4n) is 4.01. The molecule has 4 rings (SSSR count). The molecule has 0 saturated carbocycles. The second-order valence-corrected chi connectivity index (χ2v) is 9.82. The number of hydrogen-bond acceptors (Lipinski definition) is 4. The van der Waals surface area contributed by atoms with Crippen molar-refractivity contribution >= 4 is 21.6 Å². The van der Waals surface area contributed by atoms with E-state index in [4.69, 9.17) is 4.42 Å². The van der Waals surface area contributed by atoms with E-state index in [9.17, 15) is 13.2 Å². The lowest BCUT2D eigenvalue weighted by Gasteiger charge is -2.24. The van der Waals surface area contributed by atoms with Gasteiger partial charge in [-0.15, -0.1) is 0 Å². The number of nitrogens with one attached hydrogen (secondary N) is 1. The zero-order valence-electron chi connectivity index (χ0n) is 17.6. The molecule has 0 saturated heterocycles. The van der Waals surface area contributed by atoms with Gasteiger partial charge >= 0.3 is 0 Å². The maximum Gasteiger partial charge on any atom is 0.264 e. The average Bonchev–Trinajstić information content (AvgIpc) is 3.39. The molecule has 6 nitrogen and oxygen atoms in total. The van der Waals surface area contributed by atoms with Crippen molar-refractivity contribution in [3.05, 3.63) is 83.8 Å². The standard InChI is InChI=1S/C24H26N2O4S/c1-17(12-13-21-9-6-14-30-21)25-24(27)20-8-5-10-22(16-20)31(28,29)26-18(2)15-19-7-3-4-11-23(19)26/h3-11,14,16-18H,12-13,15H2,1-2H3,(H,25,27). The molecule has 3 aromatic rings. The quantitative estimate of drug-likeness (QED) is 0.600. The number of benzene rings is 2. The van der Waals surface area contributed by atoms with Gasteiger partial charge in [0.2, 0.25) is 0 Å². The Labute approximate surface area is 182 Å². The molecule has 2 atom stereocenters. The summed E-state index contributed by atoms with van der Waals surface area (Å²) >= 11 is 0. The Balaban J connectivity index is 1.50. The number of sulfonamides is 1. The van der Waals surface area contributed by atoms with Gasteiger partial charge in [-0.05, 0) is 68.7 Å². The van der Waals surface area contributed by atoms with E-state index in [1.54, 1.807) is 24.5 Å².